The molecule has 0 unspecified atom stereocenters. The Bertz CT molecular complexity index is 1390. The normalized spacial score (nSPS) is 10.8. The minimum absolute atomic E-state index is 0.104. The highest BCUT2D eigenvalue weighted by molar-refractivity contribution is 7.14. The van der Waals surface area contributed by atoms with Gasteiger partial charge in [-0.05, 0) is 54.6 Å². The van der Waals surface area contributed by atoms with Gasteiger partial charge in [-0.3, -0.25) is 14.5 Å². The van der Waals surface area contributed by atoms with E-state index in [0.717, 1.165) is 11.3 Å². The third-order valence-electron chi connectivity index (χ3n) is 4.67. The maximum atomic E-state index is 14.2. The second-order valence-corrected chi connectivity index (χ2v) is 8.10. The minimum Gasteiger partial charge on any atom is -0.457 e. The first kappa shape index (κ1) is 23.8. The molecule has 3 aromatic carbocycles. The Morgan fingerprint density at radius 2 is 1.77 bits per heavy atom. The zero-order valence-corrected chi connectivity index (χ0v) is 19.3. The molecule has 0 saturated heterocycles. The lowest BCUT2D eigenvalue weighted by molar-refractivity contribution is -0.116. The number of benzene rings is 3. The van der Waals surface area contributed by atoms with Crippen molar-refractivity contribution in [1.29, 1.82) is 0 Å². The summed E-state index contributed by atoms with van der Waals surface area (Å²) in [6, 6.07) is 18.3. The van der Waals surface area contributed by atoms with Gasteiger partial charge in [-0.2, -0.15) is 0 Å². The van der Waals surface area contributed by atoms with Crippen LogP contribution in [0.2, 0.25) is 0 Å². The van der Waals surface area contributed by atoms with Gasteiger partial charge in [0.25, 0.3) is 0 Å². The fraction of sp³-hybridized carbons (Fsp3) is 0.0385. The summed E-state index contributed by atoms with van der Waals surface area (Å²) in [7, 11) is 0. The quantitative estimate of drug-likeness (QED) is 0.298. The molecule has 0 saturated carbocycles. The number of para-hydroxylation sites is 1. The largest absolute Gasteiger partial charge is 0.457 e. The van der Waals surface area contributed by atoms with E-state index < -0.39 is 17.5 Å². The second-order valence-electron chi connectivity index (χ2n) is 7.27. The first-order valence-corrected chi connectivity index (χ1v) is 11.3. The number of thiazole rings is 1. The van der Waals surface area contributed by atoms with Gasteiger partial charge < -0.3 is 10.1 Å². The summed E-state index contributed by atoms with van der Waals surface area (Å²) in [5.74, 6) is -0.860. The fourth-order valence-corrected chi connectivity index (χ4v) is 3.96. The Labute approximate surface area is 204 Å². The van der Waals surface area contributed by atoms with Crippen LogP contribution in [0.4, 0.5) is 25.3 Å². The lowest BCUT2D eigenvalue weighted by Gasteiger charge is -2.18. The predicted molar refractivity (Wildman–Crippen MR) is 132 cm³/mol. The van der Waals surface area contributed by atoms with E-state index in [1.54, 1.807) is 47.8 Å². The van der Waals surface area contributed by atoms with Crippen molar-refractivity contribution in [2.75, 3.05) is 10.2 Å². The Morgan fingerprint density at radius 1 is 1.00 bits per heavy atom. The van der Waals surface area contributed by atoms with Gasteiger partial charge in [-0.15, -0.1) is 11.3 Å². The molecular formula is C26H19F2N3O3S. The topological polar surface area (TPSA) is 71.5 Å². The molecular weight excluding hydrogens is 472 g/mol. The number of aromatic nitrogens is 1. The highest BCUT2D eigenvalue weighted by atomic mass is 32.1. The van der Waals surface area contributed by atoms with Crippen LogP contribution < -0.4 is 15.0 Å². The van der Waals surface area contributed by atoms with Crippen molar-refractivity contribution in [2.24, 2.45) is 0 Å². The Hall–Kier alpha value is -4.37. The van der Waals surface area contributed by atoms with Crippen molar-refractivity contribution in [2.45, 2.75) is 6.92 Å². The number of amides is 2. The molecule has 0 spiro atoms. The average molecular weight is 492 g/mol. The Morgan fingerprint density at radius 3 is 2.49 bits per heavy atom. The van der Waals surface area contributed by atoms with E-state index in [0.29, 0.717) is 22.9 Å². The molecule has 9 heteroatoms. The van der Waals surface area contributed by atoms with E-state index in [2.05, 4.69) is 10.3 Å². The summed E-state index contributed by atoms with van der Waals surface area (Å²) in [5.41, 5.74) is 1.08. The molecule has 4 aromatic rings. The fourth-order valence-electron chi connectivity index (χ4n) is 3.11. The van der Waals surface area contributed by atoms with Crippen LogP contribution in [0.25, 0.3) is 6.08 Å². The third-order valence-corrected chi connectivity index (χ3v) is 5.51. The molecule has 2 amide bonds. The number of hydrogen-bond donors (Lipinski definition) is 1. The lowest BCUT2D eigenvalue weighted by atomic mass is 10.3. The van der Waals surface area contributed by atoms with Gasteiger partial charge >= 0.3 is 0 Å². The highest BCUT2D eigenvalue weighted by Gasteiger charge is 2.20. The summed E-state index contributed by atoms with van der Waals surface area (Å²) < 4.78 is 33.0. The first-order valence-electron chi connectivity index (χ1n) is 10.4. The summed E-state index contributed by atoms with van der Waals surface area (Å²) in [6.45, 7) is 1.32. The maximum absolute atomic E-state index is 14.2. The zero-order chi connectivity index (χ0) is 24.8. The third kappa shape index (κ3) is 6.15. The van der Waals surface area contributed by atoms with Gasteiger partial charge in [0, 0.05) is 30.1 Å². The molecule has 35 heavy (non-hydrogen) atoms. The van der Waals surface area contributed by atoms with E-state index in [1.165, 1.54) is 54.3 Å². The number of hydrogen-bond acceptors (Lipinski definition) is 5. The van der Waals surface area contributed by atoms with Crippen molar-refractivity contribution in [3.8, 4) is 11.5 Å². The molecule has 1 N–H and O–H groups in total. The van der Waals surface area contributed by atoms with Crippen LogP contribution in [-0.2, 0) is 9.59 Å². The molecule has 0 bridgehead atoms. The van der Waals surface area contributed by atoms with E-state index in [1.807, 2.05) is 0 Å². The van der Waals surface area contributed by atoms with Crippen LogP contribution in [-0.4, -0.2) is 16.8 Å². The highest BCUT2D eigenvalue weighted by Crippen LogP contribution is 2.31. The Kier molecular flexibility index (Phi) is 7.27. The number of halogens is 2. The predicted octanol–water partition coefficient (Wildman–Crippen LogP) is 6.55. The SMILES string of the molecule is CC(=O)N(c1nc(C=CC(=O)Nc2ccc(Oc3cccc(F)c3)cc2)cs1)c1ccccc1F. The van der Waals surface area contributed by atoms with Crippen LogP contribution in [0.3, 0.4) is 0 Å². The van der Waals surface area contributed by atoms with E-state index >= 15 is 0 Å². The van der Waals surface area contributed by atoms with Crippen LogP contribution in [0, 0.1) is 11.6 Å². The van der Waals surface area contributed by atoms with Gasteiger partial charge in [0.1, 0.15) is 23.1 Å². The number of rotatable bonds is 7. The lowest BCUT2D eigenvalue weighted by Crippen LogP contribution is -2.23. The van der Waals surface area contributed by atoms with Crippen molar-refractivity contribution < 1.29 is 23.1 Å². The van der Waals surface area contributed by atoms with Gasteiger partial charge in [0.05, 0.1) is 11.4 Å². The molecule has 0 aliphatic rings. The number of ether oxygens (including phenoxy) is 1. The smallest absolute Gasteiger partial charge is 0.248 e. The van der Waals surface area contributed by atoms with Crippen LogP contribution in [0.15, 0.2) is 84.3 Å². The molecule has 0 aliphatic carbocycles. The number of anilines is 3. The van der Waals surface area contributed by atoms with Crippen molar-refractivity contribution in [3.05, 3.63) is 102 Å². The van der Waals surface area contributed by atoms with E-state index in [-0.39, 0.29) is 16.7 Å². The molecule has 1 heterocycles. The number of carbonyl (C=O) groups is 2. The minimum atomic E-state index is -0.540. The summed E-state index contributed by atoms with van der Waals surface area (Å²) in [4.78, 5) is 30.0. The standard InChI is InChI=1S/C26H19F2N3O3S/c1-17(32)31(24-8-3-2-7-23(24)28)26-30-20(16-35-26)11-14-25(33)29-19-9-12-21(13-10-19)34-22-6-4-5-18(27)15-22/h2-16H,1H3,(H,29,33). The monoisotopic (exact) mass is 491 g/mol. The summed E-state index contributed by atoms with van der Waals surface area (Å²) in [6.07, 6.45) is 2.80. The van der Waals surface area contributed by atoms with Crippen LogP contribution >= 0.6 is 11.3 Å². The van der Waals surface area contributed by atoms with Gasteiger partial charge in [0.15, 0.2) is 5.13 Å². The second kappa shape index (κ2) is 10.7. The zero-order valence-electron chi connectivity index (χ0n) is 18.4. The molecule has 0 fully saturated rings. The first-order chi connectivity index (χ1) is 16.9. The van der Waals surface area contributed by atoms with Crippen molar-refractivity contribution >= 4 is 45.7 Å². The molecule has 0 radical (unpaired) electrons. The van der Waals surface area contributed by atoms with Crippen molar-refractivity contribution in [3.63, 3.8) is 0 Å². The molecule has 1 aromatic heterocycles. The average Bonchev–Trinajstić information content (AvgIpc) is 3.29. The van der Waals surface area contributed by atoms with Gasteiger partial charge in [-0.1, -0.05) is 18.2 Å². The summed E-state index contributed by atoms with van der Waals surface area (Å²) >= 11 is 1.16. The van der Waals surface area contributed by atoms with E-state index in [9.17, 15) is 18.4 Å². The molecule has 4 rings (SSSR count). The van der Waals surface area contributed by atoms with Gasteiger partial charge in [-0.25, -0.2) is 13.8 Å². The molecule has 176 valence electrons. The number of nitrogens with one attached hydrogen (secondary N) is 1. The van der Waals surface area contributed by atoms with Gasteiger partial charge in [0.2, 0.25) is 11.8 Å². The molecule has 0 aliphatic heterocycles. The Balaban J connectivity index is 1.39. The number of nitrogens with zero attached hydrogens (tertiary/aromatic N) is 2. The van der Waals surface area contributed by atoms with Crippen LogP contribution in [0.5, 0.6) is 11.5 Å². The number of carbonyl (C=O) groups excluding carboxylic acids is 2. The molecule has 0 atom stereocenters. The van der Waals surface area contributed by atoms with Crippen LogP contribution in [0.1, 0.15) is 12.6 Å². The van der Waals surface area contributed by atoms with Crippen molar-refractivity contribution in [1.82, 2.24) is 4.98 Å². The van der Waals surface area contributed by atoms with E-state index in [4.69, 9.17) is 4.74 Å². The molecule has 6 nitrogen and oxygen atoms in total. The maximum Gasteiger partial charge on any atom is 0.248 e. The summed E-state index contributed by atoms with van der Waals surface area (Å²) in [5, 5.41) is 4.66.